The molecule has 114 valence electrons. The number of nitro benzene ring substituents is 1. The molecular weight excluding hydrogens is 332 g/mol. The molecule has 0 radical (unpaired) electrons. The van der Waals surface area contributed by atoms with Gasteiger partial charge in [-0.3, -0.25) is 14.9 Å². The van der Waals surface area contributed by atoms with E-state index in [2.05, 4.69) is 4.98 Å². The van der Waals surface area contributed by atoms with Crippen molar-refractivity contribution >= 4 is 34.6 Å². The van der Waals surface area contributed by atoms with Crippen molar-refractivity contribution in [3.63, 3.8) is 0 Å². The summed E-state index contributed by atoms with van der Waals surface area (Å²) in [5.74, 6) is -0.237. The van der Waals surface area contributed by atoms with Gasteiger partial charge in [0, 0.05) is 28.8 Å². The molecule has 2 aromatic carbocycles. The van der Waals surface area contributed by atoms with E-state index in [4.69, 9.17) is 0 Å². The largest absolute Gasteiger partial charge is 0.289 e. The SMILES string of the molecule is O=C(c1ccccc1)c1ccc(Sc2nccs2)c([N+](=O)[O-])c1. The normalized spacial score (nSPS) is 10.4. The summed E-state index contributed by atoms with van der Waals surface area (Å²) in [6.45, 7) is 0. The molecule has 0 aliphatic rings. The zero-order valence-electron chi connectivity index (χ0n) is 11.7. The minimum Gasteiger partial charge on any atom is -0.289 e. The maximum absolute atomic E-state index is 12.4. The van der Waals surface area contributed by atoms with Crippen molar-refractivity contribution < 1.29 is 9.72 Å². The third-order valence-corrected chi connectivity index (χ3v) is 5.01. The van der Waals surface area contributed by atoms with Crippen LogP contribution in [-0.2, 0) is 0 Å². The number of benzene rings is 2. The molecular formula is C16H10N2O3S2. The monoisotopic (exact) mass is 342 g/mol. The Bertz CT molecular complexity index is 849. The predicted octanol–water partition coefficient (Wildman–Crippen LogP) is 4.43. The molecule has 5 nitrogen and oxygen atoms in total. The van der Waals surface area contributed by atoms with Crippen molar-refractivity contribution in [2.75, 3.05) is 0 Å². The Balaban J connectivity index is 1.96. The van der Waals surface area contributed by atoms with Crippen LogP contribution < -0.4 is 0 Å². The first-order valence-corrected chi connectivity index (χ1v) is 8.30. The standard InChI is InChI=1S/C16H10N2O3S2/c19-15(11-4-2-1-3-5-11)12-6-7-14(13(10-12)18(20)21)23-16-17-8-9-22-16/h1-10H. The van der Waals surface area contributed by atoms with E-state index in [0.29, 0.717) is 16.0 Å². The highest BCUT2D eigenvalue weighted by molar-refractivity contribution is 8.01. The third-order valence-electron chi connectivity index (χ3n) is 3.06. The average Bonchev–Trinajstić information content (AvgIpc) is 3.08. The van der Waals surface area contributed by atoms with Gasteiger partial charge >= 0.3 is 0 Å². The number of carbonyl (C=O) groups is 1. The number of rotatable bonds is 5. The zero-order chi connectivity index (χ0) is 16.2. The fourth-order valence-corrected chi connectivity index (χ4v) is 3.66. The van der Waals surface area contributed by atoms with Crippen molar-refractivity contribution in [1.29, 1.82) is 0 Å². The number of thiazole rings is 1. The van der Waals surface area contributed by atoms with Crippen LogP contribution in [0.2, 0.25) is 0 Å². The van der Waals surface area contributed by atoms with Gasteiger partial charge in [-0.05, 0) is 12.1 Å². The van der Waals surface area contributed by atoms with Crippen LogP contribution in [0.3, 0.4) is 0 Å². The fraction of sp³-hybridized carbons (Fsp3) is 0. The molecule has 7 heteroatoms. The highest BCUT2D eigenvalue weighted by Gasteiger charge is 2.19. The van der Waals surface area contributed by atoms with Crippen molar-refractivity contribution in [2.45, 2.75) is 9.24 Å². The number of nitrogens with zero attached hydrogens (tertiary/aromatic N) is 2. The van der Waals surface area contributed by atoms with Crippen LogP contribution in [0.5, 0.6) is 0 Å². The topological polar surface area (TPSA) is 73.1 Å². The van der Waals surface area contributed by atoms with Crippen LogP contribution in [0.15, 0.2) is 69.3 Å². The molecule has 0 unspecified atom stereocenters. The lowest BCUT2D eigenvalue weighted by Gasteiger charge is -2.04. The third kappa shape index (κ3) is 3.46. The number of hydrogen-bond donors (Lipinski definition) is 0. The van der Waals surface area contributed by atoms with Crippen LogP contribution in [0.1, 0.15) is 15.9 Å². The Morgan fingerprint density at radius 1 is 1.13 bits per heavy atom. The van der Waals surface area contributed by atoms with E-state index in [9.17, 15) is 14.9 Å². The van der Waals surface area contributed by atoms with E-state index < -0.39 is 4.92 Å². The summed E-state index contributed by atoms with van der Waals surface area (Å²) in [5, 5.41) is 13.1. The second-order valence-corrected chi connectivity index (χ2v) is 6.72. The second kappa shape index (κ2) is 6.72. The number of aromatic nitrogens is 1. The Morgan fingerprint density at radius 3 is 2.57 bits per heavy atom. The van der Waals surface area contributed by atoms with Crippen molar-refractivity contribution in [2.24, 2.45) is 0 Å². The summed E-state index contributed by atoms with van der Waals surface area (Å²) in [4.78, 5) is 27.8. The summed E-state index contributed by atoms with van der Waals surface area (Å²) in [5.41, 5.74) is 0.709. The second-order valence-electron chi connectivity index (χ2n) is 4.53. The van der Waals surface area contributed by atoms with E-state index in [0.717, 1.165) is 4.34 Å². The summed E-state index contributed by atoms with van der Waals surface area (Å²) in [6, 6.07) is 13.2. The van der Waals surface area contributed by atoms with Gasteiger partial charge in [0.25, 0.3) is 5.69 Å². The first-order chi connectivity index (χ1) is 11.1. The van der Waals surface area contributed by atoms with Crippen LogP contribution in [0.4, 0.5) is 5.69 Å². The first kappa shape index (κ1) is 15.4. The molecule has 0 fully saturated rings. The number of ketones is 1. The summed E-state index contributed by atoms with van der Waals surface area (Å²) >= 11 is 2.63. The Morgan fingerprint density at radius 2 is 1.91 bits per heavy atom. The van der Waals surface area contributed by atoms with Gasteiger partial charge in [0.2, 0.25) is 0 Å². The lowest BCUT2D eigenvalue weighted by Crippen LogP contribution is -2.02. The average molecular weight is 342 g/mol. The van der Waals surface area contributed by atoms with E-state index >= 15 is 0 Å². The van der Waals surface area contributed by atoms with Gasteiger partial charge < -0.3 is 0 Å². The number of nitro groups is 1. The highest BCUT2D eigenvalue weighted by Crippen LogP contribution is 2.36. The van der Waals surface area contributed by atoms with Gasteiger partial charge in [-0.2, -0.15) is 0 Å². The van der Waals surface area contributed by atoms with Crippen LogP contribution in [0.25, 0.3) is 0 Å². The molecule has 0 saturated heterocycles. The molecule has 0 bridgehead atoms. The molecule has 0 N–H and O–H groups in total. The maximum Gasteiger partial charge on any atom is 0.284 e. The first-order valence-electron chi connectivity index (χ1n) is 6.60. The van der Waals surface area contributed by atoms with Crippen LogP contribution >= 0.6 is 23.1 Å². The molecule has 0 spiro atoms. The van der Waals surface area contributed by atoms with Gasteiger partial charge in [-0.25, -0.2) is 4.98 Å². The fourth-order valence-electron chi connectivity index (χ4n) is 2.00. The molecule has 3 aromatic rings. The van der Waals surface area contributed by atoms with Gasteiger partial charge in [0.05, 0.1) is 9.82 Å². The van der Waals surface area contributed by atoms with E-state index in [1.807, 2.05) is 11.4 Å². The minimum absolute atomic E-state index is 0.0908. The molecule has 0 saturated carbocycles. The van der Waals surface area contributed by atoms with E-state index in [1.54, 1.807) is 42.6 Å². The lowest BCUT2D eigenvalue weighted by molar-refractivity contribution is -0.387. The molecule has 3 rings (SSSR count). The summed E-state index contributed by atoms with van der Waals surface area (Å²) in [6.07, 6.45) is 1.64. The van der Waals surface area contributed by atoms with Gasteiger partial charge in [-0.15, -0.1) is 11.3 Å². The van der Waals surface area contributed by atoms with Crippen LogP contribution in [0, 0.1) is 10.1 Å². The van der Waals surface area contributed by atoms with Crippen LogP contribution in [-0.4, -0.2) is 15.7 Å². The molecule has 1 heterocycles. The summed E-state index contributed by atoms with van der Waals surface area (Å²) < 4.78 is 0.718. The molecule has 0 aliphatic heterocycles. The van der Waals surface area contributed by atoms with Gasteiger partial charge in [0.15, 0.2) is 10.1 Å². The zero-order valence-corrected chi connectivity index (χ0v) is 13.3. The predicted molar refractivity (Wildman–Crippen MR) is 89.2 cm³/mol. The molecule has 1 aromatic heterocycles. The number of carbonyl (C=O) groups excluding carboxylic acids is 1. The molecule has 0 amide bonds. The van der Waals surface area contributed by atoms with E-state index in [1.165, 1.54) is 29.2 Å². The number of hydrogen-bond acceptors (Lipinski definition) is 6. The highest BCUT2D eigenvalue weighted by atomic mass is 32.2. The molecule has 0 aliphatic carbocycles. The van der Waals surface area contributed by atoms with Gasteiger partial charge in [-0.1, -0.05) is 42.1 Å². The smallest absolute Gasteiger partial charge is 0.284 e. The quantitative estimate of drug-likeness (QED) is 0.389. The Kier molecular flexibility index (Phi) is 4.50. The molecule has 23 heavy (non-hydrogen) atoms. The summed E-state index contributed by atoms with van der Waals surface area (Å²) in [7, 11) is 0. The molecule has 0 atom stereocenters. The van der Waals surface area contributed by atoms with Crippen molar-refractivity contribution in [3.05, 3.63) is 81.3 Å². The minimum atomic E-state index is -0.474. The van der Waals surface area contributed by atoms with Crippen molar-refractivity contribution in [1.82, 2.24) is 4.98 Å². The maximum atomic E-state index is 12.4. The Labute approximate surface area is 140 Å². The lowest BCUT2D eigenvalue weighted by atomic mass is 10.0. The van der Waals surface area contributed by atoms with Crippen molar-refractivity contribution in [3.8, 4) is 0 Å². The van der Waals surface area contributed by atoms with Gasteiger partial charge in [0.1, 0.15) is 0 Å². The van der Waals surface area contributed by atoms with E-state index in [-0.39, 0.29) is 11.5 Å². The Hall–Kier alpha value is -2.51.